The molecule has 0 aliphatic heterocycles. The second-order valence-corrected chi connectivity index (χ2v) is 2.06. The summed E-state index contributed by atoms with van der Waals surface area (Å²) in [5, 5.41) is 8.62. The van der Waals surface area contributed by atoms with Crippen molar-refractivity contribution >= 4 is 5.97 Å². The van der Waals surface area contributed by atoms with Gasteiger partial charge < -0.3 is 9.84 Å². The Morgan fingerprint density at radius 1 is 1.58 bits per heavy atom. The first kappa shape index (κ1) is 8.61. The van der Waals surface area contributed by atoms with E-state index in [9.17, 15) is 4.79 Å². The smallest absolute Gasteiger partial charge is 0.340 e. The molecule has 0 saturated carbocycles. The van der Waals surface area contributed by atoms with Gasteiger partial charge in [0.05, 0.1) is 0 Å². The van der Waals surface area contributed by atoms with E-state index in [1.165, 1.54) is 19.5 Å². The molecule has 1 aromatic heterocycles. The third kappa shape index (κ3) is 1.76. The average Bonchev–Trinajstić information content (AvgIpc) is 2.07. The molecule has 0 fully saturated rings. The first-order valence-electron chi connectivity index (χ1n) is 3.28. The SMILES string of the molecule is CO[C@H](C(=O)O)c1ncccn1. The standard InChI is InChI=1S/C7H8N2O3/c1-12-5(7(10)11)6-8-3-2-4-9-6/h2-5H,1H3,(H,10,11)/t5-/m0/s1. The van der Waals surface area contributed by atoms with Gasteiger partial charge in [0.1, 0.15) is 0 Å². The van der Waals surface area contributed by atoms with Crippen LogP contribution in [0.4, 0.5) is 0 Å². The highest BCUT2D eigenvalue weighted by Crippen LogP contribution is 2.09. The normalized spacial score (nSPS) is 12.4. The Balaban J connectivity index is 2.88. The fraction of sp³-hybridized carbons (Fsp3) is 0.286. The molecule has 0 radical (unpaired) electrons. The number of hydrogen-bond donors (Lipinski definition) is 1. The van der Waals surface area contributed by atoms with Crippen LogP contribution in [0.1, 0.15) is 11.9 Å². The molecule has 5 heteroatoms. The molecule has 12 heavy (non-hydrogen) atoms. The van der Waals surface area contributed by atoms with Crippen LogP contribution in [0.2, 0.25) is 0 Å². The number of rotatable bonds is 3. The molecule has 5 nitrogen and oxygen atoms in total. The van der Waals surface area contributed by atoms with Gasteiger partial charge in [0, 0.05) is 19.5 Å². The number of hydrogen-bond acceptors (Lipinski definition) is 4. The van der Waals surface area contributed by atoms with E-state index in [1.807, 2.05) is 0 Å². The molecule has 0 aliphatic rings. The molecule has 0 aromatic carbocycles. The minimum atomic E-state index is -1.09. The van der Waals surface area contributed by atoms with Gasteiger partial charge in [-0.2, -0.15) is 0 Å². The zero-order chi connectivity index (χ0) is 8.97. The summed E-state index contributed by atoms with van der Waals surface area (Å²) >= 11 is 0. The molecule has 0 amide bonds. The molecule has 0 bridgehead atoms. The van der Waals surface area contributed by atoms with Crippen molar-refractivity contribution in [1.29, 1.82) is 0 Å². The highest BCUT2D eigenvalue weighted by atomic mass is 16.5. The van der Waals surface area contributed by atoms with Crippen molar-refractivity contribution in [2.24, 2.45) is 0 Å². The van der Waals surface area contributed by atoms with Crippen LogP contribution in [0.5, 0.6) is 0 Å². The van der Waals surface area contributed by atoms with Gasteiger partial charge in [-0.15, -0.1) is 0 Å². The molecule has 1 aromatic rings. The molecular formula is C7H8N2O3. The number of ether oxygens (including phenoxy) is 1. The van der Waals surface area contributed by atoms with Crippen molar-refractivity contribution in [3.63, 3.8) is 0 Å². The van der Waals surface area contributed by atoms with Crippen molar-refractivity contribution in [3.05, 3.63) is 24.3 Å². The second-order valence-electron chi connectivity index (χ2n) is 2.06. The number of nitrogens with zero attached hydrogens (tertiary/aromatic N) is 2. The largest absolute Gasteiger partial charge is 0.479 e. The van der Waals surface area contributed by atoms with Crippen LogP contribution in [0.15, 0.2) is 18.5 Å². The van der Waals surface area contributed by atoms with Crippen molar-refractivity contribution in [2.75, 3.05) is 7.11 Å². The van der Waals surface area contributed by atoms with Gasteiger partial charge in [-0.25, -0.2) is 14.8 Å². The second kappa shape index (κ2) is 3.77. The fourth-order valence-electron chi connectivity index (χ4n) is 0.763. The van der Waals surface area contributed by atoms with Crippen LogP contribution in [-0.4, -0.2) is 28.2 Å². The maximum Gasteiger partial charge on any atom is 0.340 e. The summed E-state index contributed by atoms with van der Waals surface area (Å²) in [6.45, 7) is 0. The van der Waals surface area contributed by atoms with Crippen LogP contribution in [0, 0.1) is 0 Å². The van der Waals surface area contributed by atoms with E-state index < -0.39 is 12.1 Å². The number of aliphatic carboxylic acids is 1. The molecular weight excluding hydrogens is 160 g/mol. The maximum atomic E-state index is 10.5. The molecule has 64 valence electrons. The first-order valence-corrected chi connectivity index (χ1v) is 3.28. The van der Waals surface area contributed by atoms with Gasteiger partial charge in [0.25, 0.3) is 0 Å². The Bertz CT molecular complexity index is 263. The zero-order valence-electron chi connectivity index (χ0n) is 6.47. The number of aromatic nitrogens is 2. The zero-order valence-corrected chi connectivity index (χ0v) is 6.47. The predicted molar refractivity (Wildman–Crippen MR) is 39.4 cm³/mol. The molecule has 0 aliphatic carbocycles. The minimum absolute atomic E-state index is 0.160. The lowest BCUT2D eigenvalue weighted by Crippen LogP contribution is -2.16. The number of carboxylic acids is 1. The Morgan fingerprint density at radius 3 is 2.58 bits per heavy atom. The lowest BCUT2D eigenvalue weighted by molar-refractivity contribution is -0.149. The maximum absolute atomic E-state index is 10.5. The van der Waals surface area contributed by atoms with Crippen LogP contribution in [-0.2, 0) is 9.53 Å². The fourth-order valence-corrected chi connectivity index (χ4v) is 0.763. The van der Waals surface area contributed by atoms with Gasteiger partial charge in [0.2, 0.25) is 6.10 Å². The van der Waals surface area contributed by atoms with Crippen molar-refractivity contribution in [3.8, 4) is 0 Å². The molecule has 1 heterocycles. The quantitative estimate of drug-likeness (QED) is 0.700. The topological polar surface area (TPSA) is 72.3 Å². The highest BCUT2D eigenvalue weighted by molar-refractivity contribution is 5.73. The van der Waals surface area contributed by atoms with Crippen LogP contribution >= 0.6 is 0 Å². The highest BCUT2D eigenvalue weighted by Gasteiger charge is 2.20. The van der Waals surface area contributed by atoms with Crippen molar-refractivity contribution < 1.29 is 14.6 Å². The van der Waals surface area contributed by atoms with E-state index in [2.05, 4.69) is 14.7 Å². The summed E-state index contributed by atoms with van der Waals surface area (Å²) in [6.07, 6.45) is 1.86. The Labute approximate surface area is 69.0 Å². The number of carboxylic acid groups (broad SMARTS) is 1. The van der Waals surface area contributed by atoms with Gasteiger partial charge in [-0.1, -0.05) is 0 Å². The number of carbonyl (C=O) groups is 1. The van der Waals surface area contributed by atoms with Crippen molar-refractivity contribution in [1.82, 2.24) is 9.97 Å². The van der Waals surface area contributed by atoms with Crippen LogP contribution in [0.3, 0.4) is 0 Å². The number of methoxy groups -OCH3 is 1. The summed E-state index contributed by atoms with van der Waals surface area (Å²) < 4.78 is 4.67. The van der Waals surface area contributed by atoms with E-state index >= 15 is 0 Å². The predicted octanol–water partition coefficient (Wildman–Crippen LogP) is 0.249. The third-order valence-electron chi connectivity index (χ3n) is 1.28. The first-order chi connectivity index (χ1) is 5.75. The van der Waals surface area contributed by atoms with E-state index in [0.717, 1.165) is 0 Å². The minimum Gasteiger partial charge on any atom is -0.479 e. The summed E-state index contributed by atoms with van der Waals surface area (Å²) in [5.74, 6) is -0.934. The molecule has 0 saturated heterocycles. The van der Waals surface area contributed by atoms with E-state index in [4.69, 9.17) is 5.11 Å². The molecule has 1 N–H and O–H groups in total. The van der Waals surface area contributed by atoms with Gasteiger partial charge in [-0.3, -0.25) is 0 Å². The van der Waals surface area contributed by atoms with Crippen LogP contribution < -0.4 is 0 Å². The molecule has 1 atom stereocenters. The summed E-state index contributed by atoms with van der Waals surface area (Å²) in [6, 6.07) is 1.61. The summed E-state index contributed by atoms with van der Waals surface area (Å²) in [4.78, 5) is 18.0. The van der Waals surface area contributed by atoms with Gasteiger partial charge in [0.15, 0.2) is 5.82 Å². The van der Waals surface area contributed by atoms with Crippen LogP contribution in [0.25, 0.3) is 0 Å². The summed E-state index contributed by atoms with van der Waals surface area (Å²) in [5.41, 5.74) is 0. The lowest BCUT2D eigenvalue weighted by atomic mass is 10.3. The molecule has 0 unspecified atom stereocenters. The summed E-state index contributed by atoms with van der Waals surface area (Å²) in [7, 11) is 1.30. The third-order valence-corrected chi connectivity index (χ3v) is 1.28. The Morgan fingerprint density at radius 2 is 2.17 bits per heavy atom. The molecule has 1 rings (SSSR count). The van der Waals surface area contributed by atoms with E-state index in [1.54, 1.807) is 6.07 Å². The van der Waals surface area contributed by atoms with Crippen molar-refractivity contribution in [2.45, 2.75) is 6.10 Å². The van der Waals surface area contributed by atoms with E-state index in [0.29, 0.717) is 0 Å². The monoisotopic (exact) mass is 168 g/mol. The average molecular weight is 168 g/mol. The Hall–Kier alpha value is -1.49. The van der Waals surface area contributed by atoms with Gasteiger partial charge >= 0.3 is 5.97 Å². The Kier molecular flexibility index (Phi) is 2.71. The lowest BCUT2D eigenvalue weighted by Gasteiger charge is -2.06. The van der Waals surface area contributed by atoms with E-state index in [-0.39, 0.29) is 5.82 Å². The molecule has 0 spiro atoms. The van der Waals surface area contributed by atoms with Gasteiger partial charge in [-0.05, 0) is 6.07 Å².